The lowest BCUT2D eigenvalue weighted by Crippen LogP contribution is -2.29. The van der Waals surface area contributed by atoms with Gasteiger partial charge >= 0.3 is 0 Å². The maximum absolute atomic E-state index is 12.2. The fourth-order valence-electron chi connectivity index (χ4n) is 2.58. The molecule has 0 unspecified atom stereocenters. The summed E-state index contributed by atoms with van der Waals surface area (Å²) in [4.78, 5) is 6.75. The molecule has 0 spiro atoms. The Hall–Kier alpha value is -2.08. The second-order valence-corrected chi connectivity index (χ2v) is 7.05. The Morgan fingerprint density at radius 2 is 1.68 bits per heavy atom. The van der Waals surface area contributed by atoms with Crippen molar-refractivity contribution in [1.82, 2.24) is 4.98 Å². The van der Waals surface area contributed by atoms with Gasteiger partial charge in [0.25, 0.3) is 10.0 Å². The van der Waals surface area contributed by atoms with Gasteiger partial charge in [-0.15, -0.1) is 0 Å². The van der Waals surface area contributed by atoms with E-state index in [1.54, 1.807) is 42.6 Å². The number of nitrogens with one attached hydrogen (secondary N) is 1. The second-order valence-electron chi connectivity index (χ2n) is 5.37. The Morgan fingerprint density at radius 3 is 2.32 bits per heavy atom. The molecule has 3 rings (SSSR count). The van der Waals surface area contributed by atoms with Crippen LogP contribution in [-0.4, -0.2) is 26.5 Å². The molecule has 2 aromatic rings. The zero-order chi connectivity index (χ0) is 15.4. The summed E-state index contributed by atoms with van der Waals surface area (Å²) in [5, 5.41) is 0. The molecule has 0 radical (unpaired) electrons. The molecule has 22 heavy (non-hydrogen) atoms. The van der Waals surface area contributed by atoms with E-state index in [9.17, 15) is 8.42 Å². The van der Waals surface area contributed by atoms with Gasteiger partial charge in [-0.3, -0.25) is 4.72 Å². The fourth-order valence-corrected chi connectivity index (χ4v) is 3.61. The molecule has 1 saturated heterocycles. The summed E-state index contributed by atoms with van der Waals surface area (Å²) in [5.41, 5.74) is 1.04. The fraction of sp³-hybridized carbons (Fsp3) is 0.312. The van der Waals surface area contributed by atoms with Crippen molar-refractivity contribution < 1.29 is 8.42 Å². The highest BCUT2D eigenvalue weighted by Gasteiger charge is 2.15. The molecule has 1 N–H and O–H groups in total. The lowest BCUT2D eigenvalue weighted by molar-refractivity contribution is 0.577. The van der Waals surface area contributed by atoms with Crippen LogP contribution in [0.25, 0.3) is 0 Å². The first kappa shape index (κ1) is 14.8. The second kappa shape index (κ2) is 6.36. The van der Waals surface area contributed by atoms with Gasteiger partial charge in [-0.05, 0) is 43.5 Å². The van der Waals surface area contributed by atoms with E-state index in [1.165, 1.54) is 19.3 Å². The van der Waals surface area contributed by atoms with E-state index in [0.29, 0.717) is 5.82 Å². The Balaban J connectivity index is 1.73. The topological polar surface area (TPSA) is 62.3 Å². The molecular formula is C16H19N3O2S. The van der Waals surface area contributed by atoms with Crippen molar-refractivity contribution in [3.63, 3.8) is 0 Å². The average Bonchev–Trinajstić information content (AvgIpc) is 2.57. The lowest BCUT2D eigenvalue weighted by Gasteiger charge is -2.28. The van der Waals surface area contributed by atoms with Gasteiger partial charge in [0.2, 0.25) is 0 Å². The Morgan fingerprint density at radius 1 is 0.955 bits per heavy atom. The highest BCUT2D eigenvalue weighted by Crippen LogP contribution is 2.21. The van der Waals surface area contributed by atoms with Crippen molar-refractivity contribution in [2.24, 2.45) is 0 Å². The molecule has 0 saturated carbocycles. The van der Waals surface area contributed by atoms with Gasteiger partial charge in [-0.25, -0.2) is 13.4 Å². The molecule has 0 atom stereocenters. The number of hydrogen-bond acceptors (Lipinski definition) is 4. The van der Waals surface area contributed by atoms with Gasteiger partial charge in [0.1, 0.15) is 5.82 Å². The van der Waals surface area contributed by atoms with E-state index in [0.717, 1.165) is 18.8 Å². The maximum atomic E-state index is 12.2. The van der Waals surface area contributed by atoms with Gasteiger partial charge in [0.15, 0.2) is 0 Å². The molecule has 0 amide bonds. The summed E-state index contributed by atoms with van der Waals surface area (Å²) >= 11 is 0. The lowest BCUT2D eigenvalue weighted by atomic mass is 10.1. The molecule has 2 heterocycles. The minimum atomic E-state index is -3.58. The van der Waals surface area contributed by atoms with E-state index >= 15 is 0 Å². The van der Waals surface area contributed by atoms with Crippen molar-refractivity contribution in [3.05, 3.63) is 48.7 Å². The van der Waals surface area contributed by atoms with Crippen molar-refractivity contribution in [2.45, 2.75) is 24.2 Å². The number of nitrogens with zero attached hydrogens (tertiary/aromatic N) is 2. The van der Waals surface area contributed by atoms with Crippen LogP contribution in [0.1, 0.15) is 19.3 Å². The van der Waals surface area contributed by atoms with E-state index in [4.69, 9.17) is 0 Å². The van der Waals surface area contributed by atoms with Crippen LogP contribution in [0.15, 0.2) is 53.6 Å². The summed E-state index contributed by atoms with van der Waals surface area (Å²) in [6, 6.07) is 11.9. The van der Waals surface area contributed by atoms with Gasteiger partial charge in [0.05, 0.1) is 16.8 Å². The van der Waals surface area contributed by atoms with Crippen LogP contribution in [0, 0.1) is 0 Å². The highest BCUT2D eigenvalue weighted by molar-refractivity contribution is 7.92. The third-order valence-electron chi connectivity index (χ3n) is 3.76. The van der Waals surface area contributed by atoms with Crippen LogP contribution in [-0.2, 0) is 10.0 Å². The number of piperidine rings is 1. The van der Waals surface area contributed by atoms with E-state index in [-0.39, 0.29) is 4.90 Å². The molecule has 5 nitrogen and oxygen atoms in total. The average molecular weight is 317 g/mol. The monoisotopic (exact) mass is 317 g/mol. The third-order valence-corrected chi connectivity index (χ3v) is 5.13. The van der Waals surface area contributed by atoms with Crippen LogP contribution in [0.3, 0.4) is 0 Å². The number of aromatic nitrogens is 1. The largest absolute Gasteiger partial charge is 0.370 e. The summed E-state index contributed by atoms with van der Waals surface area (Å²) in [5.74, 6) is 0.338. The number of hydrogen-bond donors (Lipinski definition) is 1. The van der Waals surface area contributed by atoms with Crippen LogP contribution in [0.2, 0.25) is 0 Å². The highest BCUT2D eigenvalue weighted by atomic mass is 32.2. The maximum Gasteiger partial charge on any atom is 0.263 e. The normalized spacial score (nSPS) is 15.5. The van der Waals surface area contributed by atoms with Crippen molar-refractivity contribution in [3.8, 4) is 0 Å². The van der Waals surface area contributed by atoms with E-state index < -0.39 is 10.0 Å². The minimum absolute atomic E-state index is 0.233. The molecule has 1 aromatic heterocycles. The first-order valence-electron chi connectivity index (χ1n) is 7.44. The molecule has 1 fully saturated rings. The minimum Gasteiger partial charge on any atom is -0.370 e. The summed E-state index contributed by atoms with van der Waals surface area (Å²) in [6.07, 6.45) is 5.40. The summed E-state index contributed by atoms with van der Waals surface area (Å²) < 4.78 is 27.0. The van der Waals surface area contributed by atoms with Crippen molar-refractivity contribution in [1.29, 1.82) is 0 Å². The first-order valence-corrected chi connectivity index (χ1v) is 8.92. The van der Waals surface area contributed by atoms with Crippen LogP contribution in [0.5, 0.6) is 0 Å². The van der Waals surface area contributed by atoms with Gasteiger partial charge < -0.3 is 4.90 Å². The number of pyridine rings is 1. The SMILES string of the molecule is O=S(=O)(Nc1ccc(N2CCCCC2)cn1)c1ccccc1. The molecular weight excluding hydrogens is 298 g/mol. The number of sulfonamides is 1. The van der Waals surface area contributed by atoms with Gasteiger partial charge in [-0.2, -0.15) is 0 Å². The van der Waals surface area contributed by atoms with Crippen molar-refractivity contribution in [2.75, 3.05) is 22.7 Å². The third kappa shape index (κ3) is 3.39. The Kier molecular flexibility index (Phi) is 4.29. The van der Waals surface area contributed by atoms with E-state index in [1.807, 2.05) is 6.07 Å². The standard InChI is InChI=1S/C16H19N3O2S/c20-22(21,15-7-3-1-4-8-15)18-16-10-9-14(13-17-16)19-11-5-2-6-12-19/h1,3-4,7-10,13H,2,5-6,11-12H2,(H,17,18). The van der Waals surface area contributed by atoms with Crippen LogP contribution >= 0.6 is 0 Å². The summed E-state index contributed by atoms with van der Waals surface area (Å²) in [7, 11) is -3.58. The summed E-state index contributed by atoms with van der Waals surface area (Å²) in [6.45, 7) is 2.08. The molecule has 1 aliphatic rings. The number of anilines is 2. The molecule has 1 aliphatic heterocycles. The van der Waals surface area contributed by atoms with Gasteiger partial charge in [0, 0.05) is 13.1 Å². The predicted octanol–water partition coefficient (Wildman–Crippen LogP) is 2.87. The Bertz CT molecular complexity index is 709. The van der Waals surface area contributed by atoms with Crippen LogP contribution in [0.4, 0.5) is 11.5 Å². The molecule has 6 heteroatoms. The quantitative estimate of drug-likeness (QED) is 0.942. The van der Waals surface area contributed by atoms with Crippen LogP contribution < -0.4 is 9.62 Å². The molecule has 116 valence electrons. The predicted molar refractivity (Wildman–Crippen MR) is 87.6 cm³/mol. The zero-order valence-electron chi connectivity index (χ0n) is 12.3. The molecule has 0 bridgehead atoms. The van der Waals surface area contributed by atoms with Crippen molar-refractivity contribution >= 4 is 21.5 Å². The zero-order valence-corrected chi connectivity index (χ0v) is 13.1. The van der Waals surface area contributed by atoms with E-state index in [2.05, 4.69) is 14.6 Å². The Labute approximate surface area is 131 Å². The molecule has 1 aromatic carbocycles. The smallest absolute Gasteiger partial charge is 0.263 e. The number of benzene rings is 1. The first-order chi connectivity index (χ1) is 10.6. The molecule has 0 aliphatic carbocycles. The number of rotatable bonds is 4. The van der Waals surface area contributed by atoms with Gasteiger partial charge in [-0.1, -0.05) is 18.2 Å².